The number of carboxylic acid groups (broad SMARTS) is 1. The minimum Gasteiger partial charge on any atom is -0.481 e. The van der Waals surface area contributed by atoms with Gasteiger partial charge in [-0.15, -0.1) is 0 Å². The lowest BCUT2D eigenvalue weighted by molar-refractivity contribution is -0.139. The van der Waals surface area contributed by atoms with E-state index in [1.165, 1.54) is 11.0 Å². The van der Waals surface area contributed by atoms with E-state index < -0.39 is 36.1 Å². The van der Waals surface area contributed by atoms with Crippen LogP contribution < -0.4 is 10.6 Å². The van der Waals surface area contributed by atoms with Gasteiger partial charge in [0.05, 0.1) is 12.5 Å². The molecular formula is C29H33N3O7. The number of aliphatic carboxylic acids is 1. The van der Waals surface area contributed by atoms with Gasteiger partial charge in [0.25, 0.3) is 0 Å². The molecule has 1 fully saturated rings. The third-order valence-electron chi connectivity index (χ3n) is 6.94. The summed E-state index contributed by atoms with van der Waals surface area (Å²) in [6.07, 6.45) is 1.34. The van der Waals surface area contributed by atoms with E-state index in [0.29, 0.717) is 25.8 Å². The van der Waals surface area contributed by atoms with E-state index in [1.54, 1.807) is 0 Å². The molecule has 0 radical (unpaired) electrons. The average Bonchev–Trinajstić information content (AvgIpc) is 3.24. The van der Waals surface area contributed by atoms with E-state index >= 15 is 0 Å². The van der Waals surface area contributed by atoms with Gasteiger partial charge in [0, 0.05) is 19.0 Å². The van der Waals surface area contributed by atoms with E-state index in [4.69, 9.17) is 14.6 Å². The highest BCUT2D eigenvalue weighted by atomic mass is 16.6. The number of benzene rings is 2. The maximum atomic E-state index is 12.7. The van der Waals surface area contributed by atoms with E-state index in [-0.39, 0.29) is 32.1 Å². The van der Waals surface area contributed by atoms with Gasteiger partial charge in [0.1, 0.15) is 19.3 Å². The number of amides is 3. The van der Waals surface area contributed by atoms with Crippen LogP contribution in [-0.4, -0.2) is 72.5 Å². The smallest absolute Gasteiger partial charge is 0.410 e. The van der Waals surface area contributed by atoms with Crippen molar-refractivity contribution in [3.8, 4) is 11.1 Å². The number of nitrogens with one attached hydrogen (secondary N) is 2. The number of unbranched alkanes of at least 4 members (excludes halogenated alkanes) is 1. The molecule has 0 unspecified atom stereocenters. The van der Waals surface area contributed by atoms with Gasteiger partial charge in [-0.05, 0) is 41.5 Å². The number of ether oxygens (including phenoxy) is 2. The number of alkyl carbamates (subject to hydrolysis) is 1. The summed E-state index contributed by atoms with van der Waals surface area (Å²) in [4.78, 5) is 49.9. The van der Waals surface area contributed by atoms with Crippen molar-refractivity contribution in [3.05, 3.63) is 72.3 Å². The van der Waals surface area contributed by atoms with Crippen LogP contribution in [0, 0.1) is 0 Å². The van der Waals surface area contributed by atoms with Gasteiger partial charge in [-0.25, -0.2) is 9.59 Å². The Labute approximate surface area is 227 Å². The maximum absolute atomic E-state index is 12.7. The quantitative estimate of drug-likeness (QED) is 0.295. The summed E-state index contributed by atoms with van der Waals surface area (Å²) in [7, 11) is 0. The minimum atomic E-state index is -1.07. The summed E-state index contributed by atoms with van der Waals surface area (Å²) in [5.74, 6) is -1.52. The van der Waals surface area contributed by atoms with Crippen molar-refractivity contribution in [1.29, 1.82) is 0 Å². The fourth-order valence-electron chi connectivity index (χ4n) is 5.18. The van der Waals surface area contributed by atoms with Crippen LogP contribution in [0.5, 0.6) is 0 Å². The first-order chi connectivity index (χ1) is 18.9. The summed E-state index contributed by atoms with van der Waals surface area (Å²) < 4.78 is 10.6. The fourth-order valence-corrected chi connectivity index (χ4v) is 5.18. The molecule has 0 saturated carbocycles. The first-order valence-corrected chi connectivity index (χ1v) is 13.0. The Balaban J connectivity index is 1.23. The van der Waals surface area contributed by atoms with Crippen LogP contribution in [0.4, 0.5) is 9.59 Å². The Hall–Kier alpha value is -4.34. The molecule has 2 aromatic carbocycles. The van der Waals surface area contributed by atoms with Gasteiger partial charge < -0.3 is 25.2 Å². The standard InChI is InChI=1S/C29H33N3O7/c1-2-15-38-29(37)32-17-19(16-26(33)34)31-27(35)25(32)13-7-8-14-30-28(36)39-18-24-22-11-5-3-9-20(22)21-10-4-6-12-23(21)24/h2-6,9-12,19,24-25H,1,7-8,13-18H2,(H,30,36)(H,31,35)(H,33,34)/t19-,25+/m0/s1. The van der Waals surface area contributed by atoms with Crippen molar-refractivity contribution in [1.82, 2.24) is 15.5 Å². The van der Waals surface area contributed by atoms with Crippen LogP contribution in [0.2, 0.25) is 0 Å². The normalized spacial score (nSPS) is 17.9. The van der Waals surface area contributed by atoms with Crippen LogP contribution in [0.15, 0.2) is 61.2 Å². The SMILES string of the molecule is C=CCOC(=O)N1C[C@H](CC(=O)O)NC(=O)[C@H]1CCCCNC(=O)OCC1c2ccccc2-c2ccccc21. The number of carboxylic acids is 1. The second kappa shape index (κ2) is 12.9. The second-order valence-corrected chi connectivity index (χ2v) is 9.59. The second-order valence-electron chi connectivity index (χ2n) is 9.59. The Morgan fingerprint density at radius 1 is 1.05 bits per heavy atom. The number of fused-ring (bicyclic) bond motifs is 3. The molecule has 1 aliphatic carbocycles. The Kier molecular flexibility index (Phi) is 9.19. The highest BCUT2D eigenvalue weighted by molar-refractivity contribution is 5.87. The third-order valence-corrected chi connectivity index (χ3v) is 6.94. The lowest BCUT2D eigenvalue weighted by atomic mass is 9.98. The molecule has 1 saturated heterocycles. The van der Waals surface area contributed by atoms with Crippen LogP contribution in [0.25, 0.3) is 11.1 Å². The zero-order chi connectivity index (χ0) is 27.8. The Morgan fingerprint density at radius 3 is 2.36 bits per heavy atom. The first kappa shape index (κ1) is 27.7. The van der Waals surface area contributed by atoms with Crippen molar-refractivity contribution in [3.63, 3.8) is 0 Å². The average molecular weight is 536 g/mol. The number of hydrogen-bond donors (Lipinski definition) is 3. The van der Waals surface area contributed by atoms with E-state index in [0.717, 1.165) is 22.3 Å². The molecule has 1 aliphatic heterocycles. The van der Waals surface area contributed by atoms with Gasteiger partial charge in [-0.3, -0.25) is 14.5 Å². The summed E-state index contributed by atoms with van der Waals surface area (Å²) in [6.45, 7) is 4.09. The van der Waals surface area contributed by atoms with Crippen LogP contribution in [0.1, 0.15) is 42.7 Å². The Morgan fingerprint density at radius 2 is 1.72 bits per heavy atom. The van der Waals surface area contributed by atoms with E-state index in [2.05, 4.69) is 41.5 Å². The highest BCUT2D eigenvalue weighted by Crippen LogP contribution is 2.44. The molecule has 4 rings (SSSR count). The lowest BCUT2D eigenvalue weighted by Gasteiger charge is -2.38. The van der Waals surface area contributed by atoms with Crippen LogP contribution in [-0.2, 0) is 19.1 Å². The van der Waals surface area contributed by atoms with E-state index in [9.17, 15) is 19.2 Å². The van der Waals surface area contributed by atoms with Gasteiger partial charge in [-0.1, -0.05) is 61.2 Å². The summed E-state index contributed by atoms with van der Waals surface area (Å²) in [6, 6.07) is 14.8. The van der Waals surface area contributed by atoms with Crippen molar-refractivity contribution >= 4 is 24.1 Å². The number of hydrogen-bond acceptors (Lipinski definition) is 6. The zero-order valence-corrected chi connectivity index (χ0v) is 21.6. The molecule has 39 heavy (non-hydrogen) atoms. The lowest BCUT2D eigenvalue weighted by Crippen LogP contribution is -2.62. The highest BCUT2D eigenvalue weighted by Gasteiger charge is 2.38. The zero-order valence-electron chi connectivity index (χ0n) is 21.6. The van der Waals surface area contributed by atoms with Gasteiger partial charge in [0.15, 0.2) is 0 Å². The van der Waals surface area contributed by atoms with Gasteiger partial charge in [-0.2, -0.15) is 0 Å². The molecule has 2 aromatic rings. The molecule has 10 heteroatoms. The van der Waals surface area contributed by atoms with Gasteiger partial charge >= 0.3 is 18.2 Å². The number of carbonyl (C=O) groups is 4. The molecule has 0 aromatic heterocycles. The number of nitrogens with zero attached hydrogens (tertiary/aromatic N) is 1. The number of piperazine rings is 1. The van der Waals surface area contributed by atoms with Crippen molar-refractivity contribution in [2.75, 3.05) is 26.3 Å². The van der Waals surface area contributed by atoms with Crippen LogP contribution in [0.3, 0.4) is 0 Å². The predicted molar refractivity (Wildman–Crippen MR) is 143 cm³/mol. The van der Waals surface area contributed by atoms with Crippen molar-refractivity contribution in [2.24, 2.45) is 0 Å². The monoisotopic (exact) mass is 535 g/mol. The Bertz CT molecular complexity index is 1190. The van der Waals surface area contributed by atoms with Crippen molar-refractivity contribution in [2.45, 2.75) is 43.7 Å². The number of carbonyl (C=O) groups excluding carboxylic acids is 3. The molecule has 0 bridgehead atoms. The number of rotatable bonds is 11. The molecule has 3 N–H and O–H groups in total. The molecule has 2 atom stereocenters. The molecular weight excluding hydrogens is 502 g/mol. The summed E-state index contributed by atoms with van der Waals surface area (Å²) in [5, 5.41) is 14.5. The maximum Gasteiger partial charge on any atom is 0.410 e. The van der Waals surface area contributed by atoms with Crippen LogP contribution >= 0.6 is 0 Å². The minimum absolute atomic E-state index is 0.0165. The third kappa shape index (κ3) is 6.76. The first-order valence-electron chi connectivity index (χ1n) is 13.0. The van der Waals surface area contributed by atoms with Crippen molar-refractivity contribution < 1.29 is 33.8 Å². The molecule has 0 spiro atoms. The molecule has 3 amide bonds. The topological polar surface area (TPSA) is 134 Å². The van der Waals surface area contributed by atoms with Gasteiger partial charge in [0.2, 0.25) is 5.91 Å². The molecule has 1 heterocycles. The largest absolute Gasteiger partial charge is 0.481 e. The molecule has 10 nitrogen and oxygen atoms in total. The summed E-state index contributed by atoms with van der Waals surface area (Å²) >= 11 is 0. The van der Waals surface area contributed by atoms with E-state index in [1.807, 2.05) is 24.3 Å². The summed E-state index contributed by atoms with van der Waals surface area (Å²) in [5.41, 5.74) is 4.59. The fraction of sp³-hybridized carbons (Fsp3) is 0.379. The molecule has 2 aliphatic rings. The predicted octanol–water partition coefficient (Wildman–Crippen LogP) is 3.66. The molecule has 206 valence electrons.